The third-order valence-electron chi connectivity index (χ3n) is 5.25. The van der Waals surface area contributed by atoms with Gasteiger partial charge in [-0.2, -0.15) is 4.98 Å². The van der Waals surface area contributed by atoms with E-state index >= 15 is 0 Å². The number of nitrogens with zero attached hydrogens (tertiary/aromatic N) is 4. The first-order valence-corrected chi connectivity index (χ1v) is 11.0. The van der Waals surface area contributed by atoms with Gasteiger partial charge in [0, 0.05) is 43.2 Å². The summed E-state index contributed by atoms with van der Waals surface area (Å²) in [5, 5.41) is 8.09. The highest BCUT2D eigenvalue weighted by Gasteiger charge is 2.32. The number of rotatable bonds is 6. The van der Waals surface area contributed by atoms with E-state index in [1.807, 2.05) is 24.3 Å². The number of guanidine groups is 1. The fourth-order valence-corrected chi connectivity index (χ4v) is 3.96. The lowest BCUT2D eigenvalue weighted by atomic mass is 10.1. The molecule has 4 rings (SSSR count). The van der Waals surface area contributed by atoms with E-state index in [2.05, 4.69) is 27.3 Å². The van der Waals surface area contributed by atoms with Crippen molar-refractivity contribution in [1.29, 1.82) is 0 Å². The molecule has 2 aromatic rings. The van der Waals surface area contributed by atoms with Crippen LogP contribution in [0.2, 0.25) is 5.02 Å². The molecule has 1 aromatic carbocycles. The molecule has 2 atom stereocenters. The first-order chi connectivity index (χ1) is 14.7. The van der Waals surface area contributed by atoms with Gasteiger partial charge in [-0.15, -0.1) is 24.0 Å². The molecule has 2 saturated heterocycles. The Morgan fingerprint density at radius 3 is 2.94 bits per heavy atom. The molecule has 3 heterocycles. The van der Waals surface area contributed by atoms with E-state index in [0.29, 0.717) is 36.3 Å². The van der Waals surface area contributed by atoms with Crippen LogP contribution in [0.3, 0.4) is 0 Å². The Labute approximate surface area is 204 Å². The summed E-state index contributed by atoms with van der Waals surface area (Å²) in [6.45, 7) is 6.55. The summed E-state index contributed by atoms with van der Waals surface area (Å²) in [6, 6.07) is 7.41. The SMILES string of the molecule is CCNC(=NCCc1nc(-c2cccc(Cl)c2)no1)N1CCOC(C2CCCO2)C1.I. The largest absolute Gasteiger partial charge is 0.375 e. The van der Waals surface area contributed by atoms with Crippen molar-refractivity contribution in [3.8, 4) is 11.4 Å². The summed E-state index contributed by atoms with van der Waals surface area (Å²) in [5.74, 6) is 1.98. The number of nitrogens with one attached hydrogen (secondary N) is 1. The van der Waals surface area contributed by atoms with Crippen molar-refractivity contribution in [3.05, 3.63) is 35.2 Å². The van der Waals surface area contributed by atoms with Crippen LogP contribution in [-0.2, 0) is 15.9 Å². The normalized spacial score (nSPS) is 21.7. The van der Waals surface area contributed by atoms with E-state index in [1.165, 1.54) is 0 Å². The Hall–Kier alpha value is -1.43. The first-order valence-electron chi connectivity index (χ1n) is 10.6. The van der Waals surface area contributed by atoms with Crippen molar-refractivity contribution in [2.24, 2.45) is 4.99 Å². The average molecular weight is 562 g/mol. The molecule has 31 heavy (non-hydrogen) atoms. The number of aromatic nitrogens is 2. The zero-order valence-corrected chi connectivity index (χ0v) is 20.7. The molecule has 170 valence electrons. The molecule has 2 aliphatic rings. The smallest absolute Gasteiger partial charge is 0.228 e. The maximum Gasteiger partial charge on any atom is 0.228 e. The minimum absolute atomic E-state index is 0. The predicted molar refractivity (Wildman–Crippen MR) is 130 cm³/mol. The van der Waals surface area contributed by atoms with Gasteiger partial charge in [-0.05, 0) is 31.9 Å². The lowest BCUT2D eigenvalue weighted by Crippen LogP contribution is -2.53. The van der Waals surface area contributed by atoms with Crippen molar-refractivity contribution in [1.82, 2.24) is 20.4 Å². The highest BCUT2D eigenvalue weighted by Crippen LogP contribution is 2.22. The molecular weight excluding hydrogens is 533 g/mol. The molecule has 2 aliphatic heterocycles. The van der Waals surface area contributed by atoms with E-state index in [9.17, 15) is 0 Å². The van der Waals surface area contributed by atoms with Crippen molar-refractivity contribution in [2.75, 3.05) is 39.4 Å². The van der Waals surface area contributed by atoms with Gasteiger partial charge in [-0.25, -0.2) is 0 Å². The van der Waals surface area contributed by atoms with Crippen LogP contribution >= 0.6 is 35.6 Å². The van der Waals surface area contributed by atoms with Crippen LogP contribution in [0, 0.1) is 0 Å². The van der Waals surface area contributed by atoms with Crippen molar-refractivity contribution in [2.45, 2.75) is 38.4 Å². The summed E-state index contributed by atoms with van der Waals surface area (Å²) in [4.78, 5) is 11.5. The number of hydrogen-bond acceptors (Lipinski definition) is 6. The lowest BCUT2D eigenvalue weighted by molar-refractivity contribution is -0.0817. The van der Waals surface area contributed by atoms with Crippen LogP contribution in [0.25, 0.3) is 11.4 Å². The quantitative estimate of drug-likeness (QED) is 0.329. The van der Waals surface area contributed by atoms with Gasteiger partial charge in [0.1, 0.15) is 6.10 Å². The number of halogens is 2. The fraction of sp³-hybridized carbons (Fsp3) is 0.571. The van der Waals surface area contributed by atoms with Gasteiger partial charge in [0.05, 0.1) is 19.3 Å². The number of ether oxygens (including phenoxy) is 2. The average Bonchev–Trinajstić information content (AvgIpc) is 3.46. The second-order valence-electron chi connectivity index (χ2n) is 7.41. The van der Waals surface area contributed by atoms with Crippen LogP contribution < -0.4 is 5.32 Å². The molecule has 8 nitrogen and oxygen atoms in total. The number of benzene rings is 1. The van der Waals surface area contributed by atoms with Gasteiger partial charge in [-0.3, -0.25) is 4.99 Å². The second-order valence-corrected chi connectivity index (χ2v) is 7.85. The van der Waals surface area contributed by atoms with Gasteiger partial charge < -0.3 is 24.2 Å². The van der Waals surface area contributed by atoms with Gasteiger partial charge in [0.25, 0.3) is 0 Å². The molecule has 2 unspecified atom stereocenters. The van der Waals surface area contributed by atoms with Crippen LogP contribution in [-0.4, -0.2) is 72.6 Å². The third-order valence-corrected chi connectivity index (χ3v) is 5.48. The van der Waals surface area contributed by atoms with Crippen LogP contribution in [0.1, 0.15) is 25.7 Å². The van der Waals surface area contributed by atoms with Crippen LogP contribution in [0.5, 0.6) is 0 Å². The van der Waals surface area contributed by atoms with E-state index in [1.54, 1.807) is 0 Å². The molecular formula is C21H29ClIN5O3. The Balaban J connectivity index is 0.00000272. The van der Waals surface area contributed by atoms with Crippen molar-refractivity contribution < 1.29 is 14.0 Å². The van der Waals surface area contributed by atoms with E-state index in [-0.39, 0.29) is 36.2 Å². The number of aliphatic imine (C=N–C) groups is 1. The molecule has 0 bridgehead atoms. The standard InChI is InChI=1S/C21H28ClN5O3.HI/c1-2-23-21(27-10-12-29-18(14-27)17-7-4-11-28-17)24-9-8-19-25-20(26-30-19)15-5-3-6-16(22)13-15;/h3,5-6,13,17-18H,2,4,7-12,14H2,1H3,(H,23,24);1H. The molecule has 0 radical (unpaired) electrons. The highest BCUT2D eigenvalue weighted by atomic mass is 127. The summed E-state index contributed by atoms with van der Waals surface area (Å²) in [7, 11) is 0. The zero-order chi connectivity index (χ0) is 20.8. The van der Waals surface area contributed by atoms with E-state index < -0.39 is 0 Å². The predicted octanol–water partition coefficient (Wildman–Crippen LogP) is 3.40. The van der Waals surface area contributed by atoms with Crippen LogP contribution in [0.15, 0.2) is 33.8 Å². The van der Waals surface area contributed by atoms with E-state index in [4.69, 9.17) is 30.6 Å². The Bertz CT molecular complexity index is 859. The van der Waals surface area contributed by atoms with E-state index in [0.717, 1.165) is 50.6 Å². The topological polar surface area (TPSA) is 85.0 Å². The Morgan fingerprint density at radius 1 is 1.29 bits per heavy atom. The highest BCUT2D eigenvalue weighted by molar-refractivity contribution is 14.0. The molecule has 0 aliphatic carbocycles. The second kappa shape index (κ2) is 12.0. The summed E-state index contributed by atoms with van der Waals surface area (Å²) >= 11 is 6.04. The van der Waals surface area contributed by atoms with Crippen molar-refractivity contribution in [3.63, 3.8) is 0 Å². The minimum Gasteiger partial charge on any atom is -0.375 e. The van der Waals surface area contributed by atoms with Crippen molar-refractivity contribution >= 4 is 41.5 Å². The van der Waals surface area contributed by atoms with Gasteiger partial charge in [-0.1, -0.05) is 28.9 Å². The molecule has 0 saturated carbocycles. The van der Waals surface area contributed by atoms with Gasteiger partial charge in [0.2, 0.25) is 11.7 Å². The Kier molecular flexibility index (Phi) is 9.36. The first kappa shape index (κ1) is 24.2. The monoisotopic (exact) mass is 561 g/mol. The third kappa shape index (κ3) is 6.53. The minimum atomic E-state index is 0. The number of morpholine rings is 1. The summed E-state index contributed by atoms with van der Waals surface area (Å²) in [6.07, 6.45) is 3.04. The number of hydrogen-bond donors (Lipinski definition) is 1. The summed E-state index contributed by atoms with van der Waals surface area (Å²) in [5.41, 5.74) is 0.836. The van der Waals surface area contributed by atoms with Gasteiger partial charge in [0.15, 0.2) is 5.96 Å². The lowest BCUT2D eigenvalue weighted by Gasteiger charge is -2.37. The molecule has 10 heteroatoms. The maximum atomic E-state index is 6.04. The molecule has 2 fully saturated rings. The zero-order valence-electron chi connectivity index (χ0n) is 17.6. The van der Waals surface area contributed by atoms with Gasteiger partial charge >= 0.3 is 0 Å². The molecule has 1 aromatic heterocycles. The fourth-order valence-electron chi connectivity index (χ4n) is 3.77. The molecule has 1 N–H and O–H groups in total. The molecule has 0 spiro atoms. The maximum absolute atomic E-state index is 6.04. The Morgan fingerprint density at radius 2 is 2.16 bits per heavy atom. The van der Waals surface area contributed by atoms with Crippen LogP contribution in [0.4, 0.5) is 0 Å². The molecule has 0 amide bonds. The summed E-state index contributed by atoms with van der Waals surface area (Å²) < 4.78 is 17.2.